The lowest BCUT2D eigenvalue weighted by Gasteiger charge is -2.09. The van der Waals surface area contributed by atoms with Crippen LogP contribution in [0.4, 0.5) is 20.4 Å². The zero-order valence-electron chi connectivity index (χ0n) is 11.1. The van der Waals surface area contributed by atoms with Gasteiger partial charge in [0.15, 0.2) is 11.6 Å². The molecule has 102 valence electrons. The number of hydrogen-bond acceptors (Lipinski definition) is 2. The summed E-state index contributed by atoms with van der Waals surface area (Å²) < 4.78 is 28.0. The molecule has 0 bridgehead atoms. The number of anilines is 2. The molecule has 2 rings (SSSR count). The van der Waals surface area contributed by atoms with Crippen molar-refractivity contribution in [1.29, 1.82) is 0 Å². The Kier molecular flexibility index (Phi) is 4.14. The molecule has 1 N–H and O–H groups in total. The number of aromatic nitrogens is 2. The van der Waals surface area contributed by atoms with Crippen LogP contribution < -0.4 is 5.32 Å². The Morgan fingerprint density at radius 2 is 2.05 bits per heavy atom. The third-order valence-corrected chi connectivity index (χ3v) is 2.83. The molecule has 1 aromatic carbocycles. The fourth-order valence-electron chi connectivity index (χ4n) is 1.85. The molecule has 0 amide bonds. The first kappa shape index (κ1) is 13.5. The molecule has 0 spiro atoms. The average molecular weight is 265 g/mol. The number of hydrogen-bond donors (Lipinski definition) is 1. The van der Waals surface area contributed by atoms with Gasteiger partial charge in [-0.1, -0.05) is 13.3 Å². The maximum absolute atomic E-state index is 13.1. The first-order chi connectivity index (χ1) is 9.10. The topological polar surface area (TPSA) is 29.9 Å². The minimum atomic E-state index is -0.867. The van der Waals surface area contributed by atoms with E-state index in [0.29, 0.717) is 11.6 Å². The Balaban J connectivity index is 2.19. The Bertz CT molecular complexity index is 564. The number of aryl methyl sites for hydroxylation is 2. The highest BCUT2D eigenvalue weighted by Gasteiger charge is 2.07. The van der Waals surface area contributed by atoms with Crippen molar-refractivity contribution in [1.82, 2.24) is 9.55 Å². The molecule has 1 aromatic heterocycles. The molecule has 0 saturated carbocycles. The predicted molar refractivity (Wildman–Crippen MR) is 71.5 cm³/mol. The highest BCUT2D eigenvalue weighted by molar-refractivity contribution is 5.53. The summed E-state index contributed by atoms with van der Waals surface area (Å²) in [5.41, 5.74) is 1.38. The van der Waals surface area contributed by atoms with Gasteiger partial charge in [0.05, 0.1) is 5.69 Å². The summed E-state index contributed by atoms with van der Waals surface area (Å²) in [7, 11) is 0. The molecule has 19 heavy (non-hydrogen) atoms. The summed E-state index contributed by atoms with van der Waals surface area (Å²) in [6.07, 6.45) is 4.07. The van der Waals surface area contributed by atoms with E-state index in [1.165, 1.54) is 6.07 Å². The molecule has 0 unspecified atom stereocenters. The van der Waals surface area contributed by atoms with Crippen molar-refractivity contribution in [3.8, 4) is 0 Å². The number of unbranched alkanes of at least 4 members (excludes halogenated alkanes) is 1. The molecular weight excluding hydrogens is 248 g/mol. The summed E-state index contributed by atoms with van der Waals surface area (Å²) in [4.78, 5) is 4.35. The lowest BCUT2D eigenvalue weighted by atomic mass is 10.3. The summed E-state index contributed by atoms with van der Waals surface area (Å²) in [6.45, 7) is 4.87. The molecule has 3 nitrogen and oxygen atoms in total. The van der Waals surface area contributed by atoms with Crippen LogP contribution in [0.25, 0.3) is 0 Å². The summed E-state index contributed by atoms with van der Waals surface area (Å²) >= 11 is 0. The maximum atomic E-state index is 13.1. The van der Waals surface area contributed by atoms with E-state index in [1.54, 1.807) is 0 Å². The average Bonchev–Trinajstić information content (AvgIpc) is 2.71. The third-order valence-electron chi connectivity index (χ3n) is 2.83. The second-order valence-electron chi connectivity index (χ2n) is 4.51. The number of nitrogens with zero attached hydrogens (tertiary/aromatic N) is 2. The van der Waals surface area contributed by atoms with E-state index in [9.17, 15) is 8.78 Å². The van der Waals surface area contributed by atoms with Gasteiger partial charge in [-0.15, -0.1) is 0 Å². The van der Waals surface area contributed by atoms with Gasteiger partial charge in [-0.3, -0.25) is 0 Å². The predicted octanol–water partition coefficient (Wildman–Crippen LogP) is 4.01. The second-order valence-corrected chi connectivity index (χ2v) is 4.51. The van der Waals surface area contributed by atoms with Crippen LogP contribution in [0.15, 0.2) is 24.4 Å². The van der Waals surface area contributed by atoms with Crippen LogP contribution in [-0.2, 0) is 6.54 Å². The minimum absolute atomic E-state index is 0.488. The van der Waals surface area contributed by atoms with Crippen LogP contribution in [0.3, 0.4) is 0 Å². The summed E-state index contributed by atoms with van der Waals surface area (Å²) in [5.74, 6) is -1.07. The van der Waals surface area contributed by atoms with Crippen LogP contribution >= 0.6 is 0 Å². The molecule has 2 aromatic rings. The van der Waals surface area contributed by atoms with Crippen molar-refractivity contribution in [2.24, 2.45) is 0 Å². The molecule has 0 fully saturated rings. The zero-order chi connectivity index (χ0) is 13.8. The molecular formula is C14H17F2N3. The Morgan fingerprint density at radius 3 is 2.74 bits per heavy atom. The Morgan fingerprint density at radius 1 is 1.26 bits per heavy atom. The minimum Gasteiger partial charge on any atom is -0.326 e. The molecule has 1 heterocycles. The molecule has 0 saturated heterocycles. The van der Waals surface area contributed by atoms with E-state index >= 15 is 0 Å². The van der Waals surface area contributed by atoms with Crippen LogP contribution in [0.2, 0.25) is 0 Å². The SMILES string of the molecule is CCCCn1cc(C)nc1Nc1ccc(F)c(F)c1. The normalized spacial score (nSPS) is 10.7. The van der Waals surface area contributed by atoms with E-state index in [0.717, 1.165) is 37.2 Å². The zero-order valence-corrected chi connectivity index (χ0v) is 11.1. The van der Waals surface area contributed by atoms with Crippen molar-refractivity contribution >= 4 is 11.6 Å². The molecule has 0 aliphatic carbocycles. The second kappa shape index (κ2) is 5.82. The fraction of sp³-hybridized carbons (Fsp3) is 0.357. The van der Waals surface area contributed by atoms with E-state index in [4.69, 9.17) is 0 Å². The lowest BCUT2D eigenvalue weighted by molar-refractivity contribution is 0.509. The standard InChI is InChI=1S/C14H17F2N3/c1-3-4-7-19-9-10(2)17-14(19)18-11-5-6-12(15)13(16)8-11/h5-6,8-9H,3-4,7H2,1-2H3,(H,17,18). The van der Waals surface area contributed by atoms with Crippen LogP contribution in [0.1, 0.15) is 25.5 Å². The van der Waals surface area contributed by atoms with Gasteiger partial charge in [0.2, 0.25) is 5.95 Å². The summed E-state index contributed by atoms with van der Waals surface area (Å²) in [6, 6.07) is 3.72. The quantitative estimate of drug-likeness (QED) is 0.885. The van der Waals surface area contributed by atoms with Crippen molar-refractivity contribution in [3.63, 3.8) is 0 Å². The van der Waals surface area contributed by atoms with Gasteiger partial charge in [-0.2, -0.15) is 0 Å². The monoisotopic (exact) mass is 265 g/mol. The molecule has 0 aliphatic heterocycles. The number of benzene rings is 1. The first-order valence-electron chi connectivity index (χ1n) is 6.36. The highest BCUT2D eigenvalue weighted by Crippen LogP contribution is 2.19. The number of rotatable bonds is 5. The largest absolute Gasteiger partial charge is 0.326 e. The smallest absolute Gasteiger partial charge is 0.207 e. The van der Waals surface area contributed by atoms with Crippen LogP contribution in [-0.4, -0.2) is 9.55 Å². The van der Waals surface area contributed by atoms with Crippen molar-refractivity contribution in [3.05, 3.63) is 41.7 Å². The van der Waals surface area contributed by atoms with E-state index in [2.05, 4.69) is 17.2 Å². The van der Waals surface area contributed by atoms with E-state index in [-0.39, 0.29) is 0 Å². The Labute approximate surface area is 111 Å². The van der Waals surface area contributed by atoms with Gasteiger partial charge in [0, 0.05) is 24.5 Å². The Hall–Kier alpha value is -1.91. The molecule has 0 radical (unpaired) electrons. The van der Waals surface area contributed by atoms with Crippen molar-refractivity contribution < 1.29 is 8.78 Å². The molecule has 0 aliphatic rings. The van der Waals surface area contributed by atoms with Gasteiger partial charge in [-0.05, 0) is 25.5 Å². The van der Waals surface area contributed by atoms with Gasteiger partial charge < -0.3 is 9.88 Å². The van der Waals surface area contributed by atoms with Crippen molar-refractivity contribution in [2.75, 3.05) is 5.32 Å². The number of imidazole rings is 1. The van der Waals surface area contributed by atoms with Gasteiger partial charge in [0.1, 0.15) is 0 Å². The lowest BCUT2D eigenvalue weighted by Crippen LogP contribution is -2.03. The fourth-order valence-corrected chi connectivity index (χ4v) is 1.85. The maximum Gasteiger partial charge on any atom is 0.207 e. The van der Waals surface area contributed by atoms with Crippen LogP contribution in [0.5, 0.6) is 0 Å². The van der Waals surface area contributed by atoms with Crippen molar-refractivity contribution in [2.45, 2.75) is 33.2 Å². The highest BCUT2D eigenvalue weighted by atomic mass is 19.2. The molecule has 5 heteroatoms. The molecule has 0 atom stereocenters. The van der Waals surface area contributed by atoms with Gasteiger partial charge in [-0.25, -0.2) is 13.8 Å². The van der Waals surface area contributed by atoms with Crippen LogP contribution in [0, 0.1) is 18.6 Å². The van der Waals surface area contributed by atoms with Gasteiger partial charge in [0.25, 0.3) is 0 Å². The number of halogens is 2. The third kappa shape index (κ3) is 3.30. The van der Waals surface area contributed by atoms with E-state index in [1.807, 2.05) is 17.7 Å². The number of nitrogens with one attached hydrogen (secondary N) is 1. The van der Waals surface area contributed by atoms with Gasteiger partial charge >= 0.3 is 0 Å². The first-order valence-corrected chi connectivity index (χ1v) is 6.36. The van der Waals surface area contributed by atoms with E-state index < -0.39 is 11.6 Å². The summed E-state index contributed by atoms with van der Waals surface area (Å²) in [5, 5.41) is 3.02.